The van der Waals surface area contributed by atoms with Crippen LogP contribution < -0.4 is 15.2 Å². The van der Waals surface area contributed by atoms with E-state index in [0.29, 0.717) is 23.5 Å². The van der Waals surface area contributed by atoms with Gasteiger partial charge >= 0.3 is 0 Å². The van der Waals surface area contributed by atoms with Gasteiger partial charge in [0, 0.05) is 18.7 Å². The van der Waals surface area contributed by atoms with E-state index in [2.05, 4.69) is 13.8 Å². The Hall–Kier alpha value is -2.50. The van der Waals surface area contributed by atoms with Gasteiger partial charge in [0.15, 0.2) is 18.1 Å². The number of nitrogens with zero attached hydrogens (tertiary/aromatic N) is 1. The van der Waals surface area contributed by atoms with Crippen molar-refractivity contribution in [1.82, 2.24) is 4.90 Å². The van der Waals surface area contributed by atoms with Crippen LogP contribution in [0.4, 0.5) is 0 Å². The number of methoxy groups -OCH3 is 1. The molecule has 1 fully saturated rings. The number of hydrogen-bond acceptors (Lipinski definition) is 4. The summed E-state index contributed by atoms with van der Waals surface area (Å²) in [5.74, 6) is 0.856. The first-order valence-corrected chi connectivity index (χ1v) is 8.50. The summed E-state index contributed by atoms with van der Waals surface area (Å²) < 4.78 is 10.6. The minimum atomic E-state index is -0.554. The molecule has 136 valence electrons. The molecule has 0 unspecified atom stereocenters. The van der Waals surface area contributed by atoms with Crippen LogP contribution in [0.15, 0.2) is 24.3 Å². The number of rotatable bonds is 7. The number of benzene rings is 1. The standard InChI is InChI=1S/C19H26N2O4/c1-13(2)15-5-4-10-21(15)19(23)9-7-14-6-8-16(17(11-14)24-3)25-12-18(20)22/h6-9,11,13,15H,4-5,10,12H2,1-3H3,(H2,20,22)/b9-7+/t15-/m0/s1. The van der Waals surface area contributed by atoms with Crippen LogP contribution in [-0.4, -0.2) is 43.0 Å². The fraction of sp³-hybridized carbons (Fsp3) is 0.474. The van der Waals surface area contributed by atoms with Crippen LogP contribution in [0.1, 0.15) is 32.3 Å². The number of hydrogen-bond donors (Lipinski definition) is 1. The van der Waals surface area contributed by atoms with E-state index in [0.717, 1.165) is 24.9 Å². The largest absolute Gasteiger partial charge is 0.493 e. The van der Waals surface area contributed by atoms with Gasteiger partial charge in [0.05, 0.1) is 7.11 Å². The topological polar surface area (TPSA) is 81.9 Å². The SMILES string of the molecule is COc1cc(/C=C/C(=O)N2CCC[C@H]2C(C)C)ccc1OCC(N)=O. The minimum Gasteiger partial charge on any atom is -0.493 e. The maximum absolute atomic E-state index is 12.5. The summed E-state index contributed by atoms with van der Waals surface area (Å²) in [5.41, 5.74) is 5.89. The summed E-state index contributed by atoms with van der Waals surface area (Å²) in [6, 6.07) is 5.56. The van der Waals surface area contributed by atoms with E-state index in [-0.39, 0.29) is 12.5 Å². The molecule has 1 aliphatic rings. The molecule has 1 aliphatic heterocycles. The van der Waals surface area contributed by atoms with Gasteiger partial charge in [0.2, 0.25) is 5.91 Å². The Labute approximate surface area is 148 Å². The Balaban J connectivity index is 2.07. The molecule has 1 atom stereocenters. The summed E-state index contributed by atoms with van der Waals surface area (Å²) in [6.45, 7) is 4.90. The first-order chi connectivity index (χ1) is 11.9. The Morgan fingerprint density at radius 2 is 2.12 bits per heavy atom. The van der Waals surface area contributed by atoms with E-state index in [9.17, 15) is 9.59 Å². The zero-order valence-electron chi connectivity index (χ0n) is 15.0. The van der Waals surface area contributed by atoms with E-state index >= 15 is 0 Å². The first kappa shape index (κ1) is 18.8. The second kappa shape index (κ2) is 8.55. The molecule has 1 saturated heterocycles. The molecule has 1 aromatic rings. The van der Waals surface area contributed by atoms with Crippen LogP contribution in [0, 0.1) is 5.92 Å². The summed E-state index contributed by atoms with van der Waals surface area (Å²) in [4.78, 5) is 25.2. The molecule has 0 bridgehead atoms. The molecule has 2 rings (SSSR count). The molecular weight excluding hydrogens is 320 g/mol. The van der Waals surface area contributed by atoms with Crippen LogP contribution in [0.5, 0.6) is 11.5 Å². The number of carbonyl (C=O) groups is 2. The number of carbonyl (C=O) groups excluding carboxylic acids is 2. The lowest BCUT2D eigenvalue weighted by Gasteiger charge is -2.26. The highest BCUT2D eigenvalue weighted by Crippen LogP contribution is 2.29. The van der Waals surface area contributed by atoms with Gasteiger partial charge in [-0.25, -0.2) is 0 Å². The third-order valence-corrected chi connectivity index (χ3v) is 4.33. The molecule has 0 saturated carbocycles. The number of likely N-dealkylation sites (tertiary alicyclic amines) is 1. The van der Waals surface area contributed by atoms with Crippen molar-refractivity contribution in [3.63, 3.8) is 0 Å². The van der Waals surface area contributed by atoms with Crippen molar-refractivity contribution in [1.29, 1.82) is 0 Å². The van der Waals surface area contributed by atoms with Gasteiger partial charge in [-0.3, -0.25) is 9.59 Å². The molecular formula is C19H26N2O4. The maximum atomic E-state index is 12.5. The highest BCUT2D eigenvalue weighted by molar-refractivity contribution is 5.92. The highest BCUT2D eigenvalue weighted by atomic mass is 16.5. The number of nitrogens with two attached hydrogens (primary N) is 1. The summed E-state index contributed by atoms with van der Waals surface area (Å²) in [6.07, 6.45) is 5.48. The smallest absolute Gasteiger partial charge is 0.255 e. The lowest BCUT2D eigenvalue weighted by atomic mass is 10.0. The predicted octanol–water partition coefficient (Wildman–Crippen LogP) is 2.22. The highest BCUT2D eigenvalue weighted by Gasteiger charge is 2.29. The van der Waals surface area contributed by atoms with Crippen molar-refractivity contribution < 1.29 is 19.1 Å². The first-order valence-electron chi connectivity index (χ1n) is 8.50. The monoisotopic (exact) mass is 346 g/mol. The third kappa shape index (κ3) is 4.98. The predicted molar refractivity (Wildman–Crippen MR) is 96.3 cm³/mol. The normalized spacial score (nSPS) is 17.3. The van der Waals surface area contributed by atoms with E-state index in [1.54, 1.807) is 30.4 Å². The maximum Gasteiger partial charge on any atom is 0.255 e. The van der Waals surface area contributed by atoms with Gasteiger partial charge in [-0.2, -0.15) is 0 Å². The van der Waals surface area contributed by atoms with Crippen molar-refractivity contribution in [3.8, 4) is 11.5 Å². The zero-order valence-corrected chi connectivity index (χ0v) is 15.0. The van der Waals surface area contributed by atoms with Crippen molar-refractivity contribution >= 4 is 17.9 Å². The number of primary amides is 1. The zero-order chi connectivity index (χ0) is 18.4. The average molecular weight is 346 g/mol. The van der Waals surface area contributed by atoms with Gasteiger partial charge in [-0.1, -0.05) is 19.9 Å². The lowest BCUT2D eigenvalue weighted by Crippen LogP contribution is -2.37. The lowest BCUT2D eigenvalue weighted by molar-refractivity contribution is -0.127. The molecule has 0 aliphatic carbocycles. The van der Waals surface area contributed by atoms with Gasteiger partial charge in [-0.15, -0.1) is 0 Å². The van der Waals surface area contributed by atoms with E-state index in [1.807, 2.05) is 4.90 Å². The quantitative estimate of drug-likeness (QED) is 0.768. The summed E-state index contributed by atoms with van der Waals surface area (Å²) in [7, 11) is 1.52. The molecule has 6 nitrogen and oxygen atoms in total. The van der Waals surface area contributed by atoms with Gasteiger partial charge < -0.3 is 20.1 Å². The minimum absolute atomic E-state index is 0.0317. The average Bonchev–Trinajstić information content (AvgIpc) is 3.08. The van der Waals surface area contributed by atoms with Crippen LogP contribution in [-0.2, 0) is 9.59 Å². The molecule has 25 heavy (non-hydrogen) atoms. The van der Waals surface area contributed by atoms with Crippen LogP contribution >= 0.6 is 0 Å². The second-order valence-electron chi connectivity index (χ2n) is 6.48. The van der Waals surface area contributed by atoms with Crippen LogP contribution in [0.2, 0.25) is 0 Å². The Morgan fingerprint density at radius 1 is 1.36 bits per heavy atom. The van der Waals surface area contributed by atoms with Crippen LogP contribution in [0.25, 0.3) is 6.08 Å². The van der Waals surface area contributed by atoms with E-state index in [4.69, 9.17) is 15.2 Å². The second-order valence-corrected chi connectivity index (χ2v) is 6.48. The molecule has 2 amide bonds. The van der Waals surface area contributed by atoms with Crippen molar-refractivity contribution in [3.05, 3.63) is 29.8 Å². The van der Waals surface area contributed by atoms with Gasteiger partial charge in [0.1, 0.15) is 0 Å². The van der Waals surface area contributed by atoms with E-state index < -0.39 is 5.91 Å². The molecule has 6 heteroatoms. The molecule has 2 N–H and O–H groups in total. The number of ether oxygens (including phenoxy) is 2. The van der Waals surface area contributed by atoms with E-state index in [1.165, 1.54) is 7.11 Å². The molecule has 0 radical (unpaired) electrons. The Kier molecular flexibility index (Phi) is 6.44. The molecule has 1 heterocycles. The van der Waals surface area contributed by atoms with Crippen molar-refractivity contribution in [2.24, 2.45) is 11.7 Å². The third-order valence-electron chi connectivity index (χ3n) is 4.33. The Bertz CT molecular complexity index is 655. The molecule has 0 spiro atoms. The van der Waals surface area contributed by atoms with Crippen molar-refractivity contribution in [2.45, 2.75) is 32.7 Å². The van der Waals surface area contributed by atoms with Crippen molar-refractivity contribution in [2.75, 3.05) is 20.3 Å². The summed E-state index contributed by atoms with van der Waals surface area (Å²) in [5, 5.41) is 0. The number of amides is 2. The fourth-order valence-electron chi connectivity index (χ4n) is 3.08. The van der Waals surface area contributed by atoms with Gasteiger partial charge in [0.25, 0.3) is 5.91 Å². The van der Waals surface area contributed by atoms with Crippen LogP contribution in [0.3, 0.4) is 0 Å². The Morgan fingerprint density at radius 3 is 2.76 bits per heavy atom. The fourth-order valence-corrected chi connectivity index (χ4v) is 3.08. The van der Waals surface area contributed by atoms with Gasteiger partial charge in [-0.05, 0) is 42.5 Å². The summed E-state index contributed by atoms with van der Waals surface area (Å²) >= 11 is 0. The molecule has 0 aromatic heterocycles. The molecule has 1 aromatic carbocycles.